The number of halogens is 3. The van der Waals surface area contributed by atoms with Gasteiger partial charge < -0.3 is 15.3 Å². The second kappa shape index (κ2) is 10.2. The van der Waals surface area contributed by atoms with Gasteiger partial charge in [-0.3, -0.25) is 14.4 Å². The van der Waals surface area contributed by atoms with Crippen molar-refractivity contribution in [1.82, 2.24) is 20.0 Å². The first-order valence-electron chi connectivity index (χ1n) is 11.2. The topological polar surface area (TPSA) is 105 Å². The molecule has 0 spiro atoms. The van der Waals surface area contributed by atoms with Gasteiger partial charge in [-0.15, -0.1) is 0 Å². The van der Waals surface area contributed by atoms with Crippen LogP contribution in [0.25, 0.3) is 10.8 Å². The number of nitrogens with one attached hydrogen (secondary N) is 1. The van der Waals surface area contributed by atoms with E-state index in [1.807, 2.05) is 4.90 Å². The molecule has 1 fully saturated rings. The van der Waals surface area contributed by atoms with Crippen molar-refractivity contribution in [3.05, 3.63) is 39.8 Å². The van der Waals surface area contributed by atoms with Crippen molar-refractivity contribution in [2.75, 3.05) is 19.6 Å². The fraction of sp³-hybridized carbons (Fsp3) is 0.565. The van der Waals surface area contributed by atoms with Crippen LogP contribution in [-0.2, 0) is 22.3 Å². The Hall–Kier alpha value is -2.79. The van der Waals surface area contributed by atoms with E-state index >= 15 is 0 Å². The van der Waals surface area contributed by atoms with E-state index in [0.717, 1.165) is 22.9 Å². The highest BCUT2D eigenvalue weighted by Crippen LogP contribution is 2.32. The fourth-order valence-corrected chi connectivity index (χ4v) is 3.99. The largest absolute Gasteiger partial charge is 0.416 e. The Balaban J connectivity index is 1.82. The van der Waals surface area contributed by atoms with Gasteiger partial charge in [0.15, 0.2) is 5.78 Å². The van der Waals surface area contributed by atoms with E-state index in [0.29, 0.717) is 26.1 Å². The zero-order valence-electron chi connectivity index (χ0n) is 19.4. The molecule has 8 nitrogen and oxygen atoms in total. The molecule has 2 heterocycles. The number of fused-ring (bicyclic) bond motifs is 1. The molecule has 3 rings (SSSR count). The number of Topliss-reactive ketones (excluding diaryl/α,β-unsaturated/α-hetero) is 1. The minimum absolute atomic E-state index is 0.0394. The molecule has 1 saturated heterocycles. The number of amides is 1. The van der Waals surface area contributed by atoms with E-state index in [9.17, 15) is 32.7 Å². The van der Waals surface area contributed by atoms with Gasteiger partial charge in [-0.25, -0.2) is 4.68 Å². The van der Waals surface area contributed by atoms with Crippen LogP contribution in [-0.4, -0.2) is 63.3 Å². The van der Waals surface area contributed by atoms with Crippen molar-refractivity contribution in [2.24, 2.45) is 0 Å². The maximum absolute atomic E-state index is 13.2. The number of benzene rings is 1. The van der Waals surface area contributed by atoms with E-state index in [1.165, 1.54) is 0 Å². The van der Waals surface area contributed by atoms with Crippen LogP contribution >= 0.6 is 0 Å². The maximum Gasteiger partial charge on any atom is 0.416 e. The van der Waals surface area contributed by atoms with Crippen LogP contribution in [0.5, 0.6) is 0 Å². The number of nitrogens with zero attached hydrogens (tertiary/aromatic N) is 3. The number of aliphatic hydroxyl groups is 1. The van der Waals surface area contributed by atoms with Crippen molar-refractivity contribution in [3.63, 3.8) is 0 Å². The number of hydrogen-bond acceptors (Lipinski definition) is 6. The molecule has 0 radical (unpaired) electrons. The summed E-state index contributed by atoms with van der Waals surface area (Å²) in [6.07, 6.45) is -4.23. The average molecular weight is 483 g/mol. The van der Waals surface area contributed by atoms with E-state index in [4.69, 9.17) is 0 Å². The quantitative estimate of drug-likeness (QED) is 0.626. The van der Waals surface area contributed by atoms with Gasteiger partial charge in [0.25, 0.3) is 5.56 Å². The average Bonchev–Trinajstić information content (AvgIpc) is 2.75. The molecule has 11 heteroatoms. The molecule has 2 N–H and O–H groups in total. The number of rotatable bonds is 7. The van der Waals surface area contributed by atoms with Gasteiger partial charge in [-0.1, -0.05) is 13.8 Å². The highest BCUT2D eigenvalue weighted by molar-refractivity contribution is 5.90. The first-order chi connectivity index (χ1) is 15.9. The Kier molecular flexibility index (Phi) is 7.77. The van der Waals surface area contributed by atoms with Crippen LogP contribution in [0.2, 0.25) is 0 Å². The number of aliphatic hydroxyl groups excluding tert-OH is 1. The number of ketones is 1. The highest BCUT2D eigenvalue weighted by atomic mass is 19.4. The molecule has 1 aliphatic rings. The molecular weight excluding hydrogens is 453 g/mol. The molecule has 1 amide bonds. The summed E-state index contributed by atoms with van der Waals surface area (Å²) >= 11 is 0. The lowest BCUT2D eigenvalue weighted by molar-refractivity contribution is -0.137. The molecule has 2 atom stereocenters. The molecular formula is C23H29F3N4O4. The second-order valence-electron chi connectivity index (χ2n) is 9.04. The number of aromatic nitrogens is 2. The predicted octanol–water partition coefficient (Wildman–Crippen LogP) is 2.07. The van der Waals surface area contributed by atoms with Gasteiger partial charge in [-0.05, 0) is 37.5 Å². The summed E-state index contributed by atoms with van der Waals surface area (Å²) in [5.74, 6) is -1.02. The third-order valence-corrected chi connectivity index (χ3v) is 5.86. The standard InChI is InChI=1S/C23H29F3N4O4/c1-13(2)21-17-10-15(23(24,25)26)4-5-16(17)22(34)30(28-21)12-20(33)27-18-11-29(8-6-14(3)31)9-7-19(18)32/h4-5,10,13-14,18,31H,6-9,11-12H2,1-3H3,(H,27,33)/t14-,18+/m1/s1. The van der Waals surface area contributed by atoms with Crippen LogP contribution < -0.4 is 10.9 Å². The SMILES string of the molecule is CC(C)c1nn(CC(=O)N[C@H]2CN(CC[C@@H](C)O)CCC2=O)c(=O)c2ccc(C(F)(F)F)cc12. The summed E-state index contributed by atoms with van der Waals surface area (Å²) in [4.78, 5) is 39.9. The van der Waals surface area contributed by atoms with E-state index in [1.54, 1.807) is 20.8 Å². The first kappa shape index (κ1) is 25.8. The van der Waals surface area contributed by atoms with Gasteiger partial charge >= 0.3 is 6.18 Å². The van der Waals surface area contributed by atoms with Crippen LogP contribution in [0.1, 0.15) is 50.8 Å². The van der Waals surface area contributed by atoms with Crippen LogP contribution in [0.3, 0.4) is 0 Å². The van der Waals surface area contributed by atoms with E-state index in [-0.39, 0.29) is 34.6 Å². The Bertz CT molecular complexity index is 1130. The third-order valence-electron chi connectivity index (χ3n) is 5.86. The van der Waals surface area contributed by atoms with Gasteiger partial charge in [0.1, 0.15) is 12.6 Å². The Morgan fingerprint density at radius 1 is 1.24 bits per heavy atom. The van der Waals surface area contributed by atoms with Crippen molar-refractivity contribution < 1.29 is 27.9 Å². The lowest BCUT2D eigenvalue weighted by Gasteiger charge is -2.32. The van der Waals surface area contributed by atoms with Gasteiger partial charge in [-0.2, -0.15) is 18.3 Å². The van der Waals surface area contributed by atoms with Crippen molar-refractivity contribution in [2.45, 2.75) is 64.4 Å². The molecule has 186 valence electrons. The summed E-state index contributed by atoms with van der Waals surface area (Å²) in [6.45, 7) is 6.11. The smallest absolute Gasteiger partial charge is 0.393 e. The minimum Gasteiger partial charge on any atom is -0.393 e. The molecule has 1 aromatic heterocycles. The maximum atomic E-state index is 13.2. The van der Waals surface area contributed by atoms with Gasteiger partial charge in [0.2, 0.25) is 5.91 Å². The van der Waals surface area contributed by atoms with E-state index < -0.39 is 41.9 Å². The molecule has 0 aliphatic carbocycles. The first-order valence-corrected chi connectivity index (χ1v) is 11.2. The molecule has 0 saturated carbocycles. The Labute approximate surface area is 194 Å². The molecule has 34 heavy (non-hydrogen) atoms. The summed E-state index contributed by atoms with van der Waals surface area (Å²) < 4.78 is 40.4. The van der Waals surface area contributed by atoms with Crippen molar-refractivity contribution in [1.29, 1.82) is 0 Å². The molecule has 0 bridgehead atoms. The molecule has 1 aliphatic heterocycles. The molecule has 2 aromatic rings. The van der Waals surface area contributed by atoms with Crippen molar-refractivity contribution >= 4 is 22.5 Å². The molecule has 1 aromatic carbocycles. The van der Waals surface area contributed by atoms with Crippen LogP contribution in [0.15, 0.2) is 23.0 Å². The zero-order chi connectivity index (χ0) is 25.2. The number of hydrogen-bond donors (Lipinski definition) is 2. The Morgan fingerprint density at radius 2 is 1.94 bits per heavy atom. The normalized spacial score (nSPS) is 18.5. The van der Waals surface area contributed by atoms with Gasteiger partial charge in [0, 0.05) is 31.4 Å². The minimum atomic E-state index is -4.56. The predicted molar refractivity (Wildman–Crippen MR) is 119 cm³/mol. The second-order valence-corrected chi connectivity index (χ2v) is 9.04. The number of alkyl halides is 3. The number of likely N-dealkylation sites (tertiary alicyclic amines) is 1. The summed E-state index contributed by atoms with van der Waals surface area (Å²) in [7, 11) is 0. The monoisotopic (exact) mass is 482 g/mol. The summed E-state index contributed by atoms with van der Waals surface area (Å²) in [5.41, 5.74) is -1.29. The zero-order valence-corrected chi connectivity index (χ0v) is 19.4. The lowest BCUT2D eigenvalue weighted by atomic mass is 10.0. The highest BCUT2D eigenvalue weighted by Gasteiger charge is 2.32. The lowest BCUT2D eigenvalue weighted by Crippen LogP contribution is -2.54. The summed E-state index contributed by atoms with van der Waals surface area (Å²) in [6, 6.07) is 2.10. The van der Waals surface area contributed by atoms with Crippen molar-refractivity contribution in [3.8, 4) is 0 Å². The fourth-order valence-electron chi connectivity index (χ4n) is 3.99. The third kappa shape index (κ3) is 6.01. The van der Waals surface area contributed by atoms with Gasteiger partial charge in [0.05, 0.1) is 22.7 Å². The number of carbonyl (C=O) groups is 2. The van der Waals surface area contributed by atoms with Crippen LogP contribution in [0.4, 0.5) is 13.2 Å². The van der Waals surface area contributed by atoms with Crippen LogP contribution in [0, 0.1) is 0 Å². The van der Waals surface area contributed by atoms with E-state index in [2.05, 4.69) is 10.4 Å². The number of piperidine rings is 1. The summed E-state index contributed by atoms with van der Waals surface area (Å²) in [5, 5.41) is 16.4. The Morgan fingerprint density at radius 3 is 2.56 bits per heavy atom. The number of carbonyl (C=O) groups excluding carboxylic acids is 2. The molecule has 0 unspecified atom stereocenters.